The van der Waals surface area contributed by atoms with Crippen LogP contribution in [0.2, 0.25) is 0 Å². The van der Waals surface area contributed by atoms with Gasteiger partial charge in [-0.3, -0.25) is 9.47 Å². The lowest BCUT2D eigenvalue weighted by Crippen LogP contribution is -2.38. The van der Waals surface area contributed by atoms with Crippen LogP contribution in [-0.2, 0) is 6.54 Å². The molecule has 1 saturated heterocycles. The van der Waals surface area contributed by atoms with Crippen molar-refractivity contribution in [3.8, 4) is 34.6 Å². The van der Waals surface area contributed by atoms with Gasteiger partial charge in [-0.2, -0.15) is 5.26 Å². The van der Waals surface area contributed by atoms with Gasteiger partial charge < -0.3 is 15.5 Å². The largest absolute Gasteiger partial charge is 0.442 e. The first-order chi connectivity index (χ1) is 21.6. The highest BCUT2D eigenvalue weighted by atomic mass is 16.3. The molecule has 6 aromatic rings. The molecule has 218 valence electrons. The van der Waals surface area contributed by atoms with Crippen LogP contribution in [0.1, 0.15) is 29.9 Å². The lowest BCUT2D eigenvalue weighted by atomic mass is 10.0. The number of nitriles is 1. The Morgan fingerprint density at radius 2 is 1.82 bits per heavy atom. The summed E-state index contributed by atoms with van der Waals surface area (Å²) in [6.07, 6.45) is 6.68. The maximum Gasteiger partial charge on any atom is 0.234 e. The van der Waals surface area contributed by atoms with Gasteiger partial charge in [-0.05, 0) is 67.8 Å². The number of nitrogens with one attached hydrogen (secondary N) is 1. The number of nitrogen functional groups attached to an aromatic ring is 1. The molecule has 1 aliphatic heterocycles. The highest BCUT2D eigenvalue weighted by Gasteiger charge is 2.22. The van der Waals surface area contributed by atoms with Gasteiger partial charge in [0.1, 0.15) is 28.9 Å². The zero-order valence-electron chi connectivity index (χ0n) is 24.1. The number of fused-ring (bicyclic) bond motifs is 1. The Labute approximate surface area is 253 Å². The zero-order valence-corrected chi connectivity index (χ0v) is 24.1. The molecule has 0 unspecified atom stereocenters. The van der Waals surface area contributed by atoms with Gasteiger partial charge in [0.15, 0.2) is 23.6 Å². The molecule has 12 nitrogen and oxygen atoms in total. The van der Waals surface area contributed by atoms with Crippen molar-refractivity contribution in [3.05, 3.63) is 90.5 Å². The molecule has 1 fully saturated rings. The van der Waals surface area contributed by atoms with E-state index in [2.05, 4.69) is 54.4 Å². The molecule has 0 aliphatic carbocycles. The standard InChI is InChI=1S/C32H29N11O/c1-20-29(44-19-37-20)25-8-9-26-32(39-25)43(31(40-26)24-3-2-13-36-30(24)34)23-6-4-21(5-7-23)18-42-15-11-22(12-16-42)38-27-10-14-35-28(17-33)41-27/h2-10,13-14,19,22H,11-12,15-16,18H2,1H3,(H2,34,36)(H,35,38,41). The van der Waals surface area contributed by atoms with Crippen molar-refractivity contribution < 1.29 is 4.42 Å². The average Bonchev–Trinajstić information content (AvgIpc) is 3.65. The fourth-order valence-electron chi connectivity index (χ4n) is 5.61. The van der Waals surface area contributed by atoms with E-state index in [1.807, 2.05) is 41.8 Å². The van der Waals surface area contributed by atoms with Crippen LogP contribution in [0.5, 0.6) is 0 Å². The number of rotatable bonds is 7. The van der Waals surface area contributed by atoms with E-state index >= 15 is 0 Å². The Morgan fingerprint density at radius 1 is 0.977 bits per heavy atom. The lowest BCUT2D eigenvalue weighted by Gasteiger charge is -2.32. The first-order valence-electron chi connectivity index (χ1n) is 14.4. The van der Waals surface area contributed by atoms with E-state index in [1.54, 1.807) is 18.5 Å². The van der Waals surface area contributed by atoms with E-state index < -0.39 is 0 Å². The van der Waals surface area contributed by atoms with Crippen LogP contribution >= 0.6 is 0 Å². The summed E-state index contributed by atoms with van der Waals surface area (Å²) in [4.78, 5) is 29.1. The average molecular weight is 584 g/mol. The molecule has 44 heavy (non-hydrogen) atoms. The summed E-state index contributed by atoms with van der Waals surface area (Å²) in [5.41, 5.74) is 12.0. The third-order valence-electron chi connectivity index (χ3n) is 7.86. The molecule has 6 heterocycles. The van der Waals surface area contributed by atoms with E-state index in [0.29, 0.717) is 40.6 Å². The highest BCUT2D eigenvalue weighted by molar-refractivity contribution is 5.84. The van der Waals surface area contributed by atoms with Crippen LogP contribution in [0.4, 0.5) is 11.6 Å². The second-order valence-electron chi connectivity index (χ2n) is 10.8. The summed E-state index contributed by atoms with van der Waals surface area (Å²) in [5, 5.41) is 12.5. The maximum absolute atomic E-state index is 9.06. The minimum atomic E-state index is 0.178. The number of oxazole rings is 1. The summed E-state index contributed by atoms with van der Waals surface area (Å²) >= 11 is 0. The van der Waals surface area contributed by atoms with E-state index in [0.717, 1.165) is 54.9 Å². The normalized spacial score (nSPS) is 14.1. The molecular formula is C32H29N11O. The van der Waals surface area contributed by atoms with Gasteiger partial charge in [-0.1, -0.05) is 12.1 Å². The van der Waals surface area contributed by atoms with Gasteiger partial charge >= 0.3 is 0 Å². The van der Waals surface area contributed by atoms with E-state index in [4.69, 9.17) is 25.4 Å². The van der Waals surface area contributed by atoms with Gasteiger partial charge in [-0.15, -0.1) is 0 Å². The molecule has 3 N–H and O–H groups in total. The number of hydrogen-bond donors (Lipinski definition) is 2. The molecule has 0 bridgehead atoms. The monoisotopic (exact) mass is 583 g/mol. The number of piperidine rings is 1. The fourth-order valence-corrected chi connectivity index (χ4v) is 5.61. The number of anilines is 2. The lowest BCUT2D eigenvalue weighted by molar-refractivity contribution is 0.211. The maximum atomic E-state index is 9.06. The molecule has 0 spiro atoms. The van der Waals surface area contributed by atoms with E-state index in [-0.39, 0.29) is 5.82 Å². The summed E-state index contributed by atoms with van der Waals surface area (Å²) in [6, 6.07) is 20.2. The number of nitrogens with two attached hydrogens (primary N) is 1. The van der Waals surface area contributed by atoms with Crippen LogP contribution in [0.15, 0.2) is 77.8 Å². The van der Waals surface area contributed by atoms with Crippen LogP contribution in [-0.4, -0.2) is 58.5 Å². The third-order valence-corrected chi connectivity index (χ3v) is 7.86. The molecule has 0 atom stereocenters. The molecular weight excluding hydrogens is 554 g/mol. The molecule has 1 aromatic carbocycles. The van der Waals surface area contributed by atoms with Crippen molar-refractivity contribution in [2.75, 3.05) is 24.1 Å². The Balaban J connectivity index is 1.13. The molecule has 1 aliphatic rings. The first-order valence-corrected chi connectivity index (χ1v) is 14.4. The number of imidazole rings is 1. The number of likely N-dealkylation sites (tertiary alicyclic amines) is 1. The predicted molar refractivity (Wildman–Crippen MR) is 165 cm³/mol. The van der Waals surface area contributed by atoms with Crippen LogP contribution < -0.4 is 11.1 Å². The molecule has 0 amide bonds. The number of aromatic nitrogens is 7. The molecule has 0 saturated carbocycles. The quantitative estimate of drug-likeness (QED) is 0.266. The van der Waals surface area contributed by atoms with Crippen molar-refractivity contribution in [1.29, 1.82) is 5.26 Å². The van der Waals surface area contributed by atoms with Crippen molar-refractivity contribution in [2.45, 2.75) is 32.4 Å². The van der Waals surface area contributed by atoms with Crippen LogP contribution in [0.25, 0.3) is 39.7 Å². The number of aryl methyl sites for hydroxylation is 1. The van der Waals surface area contributed by atoms with Gasteiger partial charge in [0.05, 0.1) is 11.3 Å². The van der Waals surface area contributed by atoms with E-state index in [9.17, 15) is 0 Å². The van der Waals surface area contributed by atoms with Gasteiger partial charge in [-0.25, -0.2) is 29.9 Å². The van der Waals surface area contributed by atoms with Crippen LogP contribution in [0, 0.1) is 18.3 Å². The Hall–Kier alpha value is -5.67. The molecule has 7 rings (SSSR count). The Morgan fingerprint density at radius 3 is 2.57 bits per heavy atom. The third kappa shape index (κ3) is 5.32. The van der Waals surface area contributed by atoms with Crippen molar-refractivity contribution >= 4 is 22.8 Å². The minimum Gasteiger partial charge on any atom is -0.442 e. The number of nitrogens with zero attached hydrogens (tertiary/aromatic N) is 9. The topological polar surface area (TPSA) is 160 Å². The van der Waals surface area contributed by atoms with Crippen molar-refractivity contribution in [1.82, 2.24) is 39.4 Å². The minimum absolute atomic E-state index is 0.178. The molecule has 0 radical (unpaired) electrons. The summed E-state index contributed by atoms with van der Waals surface area (Å²) in [6.45, 7) is 4.66. The van der Waals surface area contributed by atoms with Crippen molar-refractivity contribution in [3.63, 3.8) is 0 Å². The van der Waals surface area contributed by atoms with Gasteiger partial charge in [0, 0.05) is 43.8 Å². The smallest absolute Gasteiger partial charge is 0.234 e. The first kappa shape index (κ1) is 27.2. The predicted octanol–water partition coefficient (Wildman–Crippen LogP) is 4.77. The SMILES string of the molecule is Cc1ncoc1-c1ccc2nc(-c3cccnc3N)n(-c3ccc(CN4CCC(Nc5ccnc(C#N)n5)CC4)cc3)c2n1. The van der Waals surface area contributed by atoms with Crippen LogP contribution in [0.3, 0.4) is 0 Å². The summed E-state index contributed by atoms with van der Waals surface area (Å²) < 4.78 is 7.65. The van der Waals surface area contributed by atoms with Gasteiger partial charge in [0.25, 0.3) is 0 Å². The fraction of sp³-hybridized carbons (Fsp3) is 0.219. The van der Waals surface area contributed by atoms with Gasteiger partial charge in [0.2, 0.25) is 5.82 Å². The van der Waals surface area contributed by atoms with Crippen molar-refractivity contribution in [2.24, 2.45) is 0 Å². The molecule has 12 heteroatoms. The highest BCUT2D eigenvalue weighted by Crippen LogP contribution is 2.32. The number of hydrogen-bond acceptors (Lipinski definition) is 11. The zero-order chi connectivity index (χ0) is 30.0. The second-order valence-corrected chi connectivity index (χ2v) is 10.8. The van der Waals surface area contributed by atoms with E-state index in [1.165, 1.54) is 12.0 Å². The summed E-state index contributed by atoms with van der Waals surface area (Å²) in [7, 11) is 0. The number of pyridine rings is 2. The Bertz CT molecular complexity index is 1980. The molecule has 5 aromatic heterocycles. The Kier molecular flexibility index (Phi) is 7.13. The second kappa shape index (κ2) is 11.5. The number of benzene rings is 1. The summed E-state index contributed by atoms with van der Waals surface area (Å²) in [5.74, 6) is 2.56.